The Morgan fingerprint density at radius 3 is 2.46 bits per heavy atom. The molecule has 0 saturated carbocycles. The minimum Gasteiger partial charge on any atom is -0.480 e. The van der Waals surface area contributed by atoms with Gasteiger partial charge in [0.25, 0.3) is 0 Å². The number of benzene rings is 2. The molecule has 2 aromatic rings. The van der Waals surface area contributed by atoms with Crippen LogP contribution in [0.3, 0.4) is 0 Å². The molecule has 3 rings (SSSR count). The summed E-state index contributed by atoms with van der Waals surface area (Å²) >= 11 is 12.6. The van der Waals surface area contributed by atoms with Gasteiger partial charge in [0.05, 0.1) is 10.4 Å². The number of carbonyl (C=O) groups is 3. The number of halogens is 2. The van der Waals surface area contributed by atoms with Crippen molar-refractivity contribution in [3.63, 3.8) is 0 Å². The summed E-state index contributed by atoms with van der Waals surface area (Å²) in [7, 11) is 0. The van der Waals surface area contributed by atoms with Crippen molar-refractivity contribution in [3.05, 3.63) is 63.1 Å². The quantitative estimate of drug-likeness (QED) is 0.712. The Balaban J connectivity index is 2.09. The molecule has 0 amide bonds. The van der Waals surface area contributed by atoms with Gasteiger partial charge in [0, 0.05) is 12.0 Å². The van der Waals surface area contributed by atoms with Crippen molar-refractivity contribution in [2.75, 3.05) is 6.61 Å². The molecule has 1 aliphatic rings. The second kappa shape index (κ2) is 7.94. The molecule has 0 aliphatic heterocycles. The second-order valence-corrected chi connectivity index (χ2v) is 7.63. The zero-order valence-corrected chi connectivity index (χ0v) is 16.6. The van der Waals surface area contributed by atoms with Crippen LogP contribution >= 0.6 is 23.2 Å². The van der Waals surface area contributed by atoms with Crippen LogP contribution in [0.25, 0.3) is 0 Å². The molecular weight excluding hydrogens is 403 g/mol. The first kappa shape index (κ1) is 20.4. The van der Waals surface area contributed by atoms with Crippen molar-refractivity contribution in [1.29, 1.82) is 0 Å². The number of ether oxygens (including phenoxy) is 1. The highest BCUT2D eigenvalue weighted by Crippen LogP contribution is 2.49. The maximum Gasteiger partial charge on any atom is 0.341 e. The fourth-order valence-corrected chi connectivity index (χ4v) is 4.16. The molecule has 0 aromatic heterocycles. The maximum atomic E-state index is 13.5. The first-order valence-corrected chi connectivity index (χ1v) is 9.47. The van der Waals surface area contributed by atoms with Gasteiger partial charge in [0.1, 0.15) is 16.6 Å². The third-order valence-electron chi connectivity index (χ3n) is 4.99. The summed E-state index contributed by atoms with van der Waals surface area (Å²) in [5, 5.41) is 8.89. The van der Waals surface area contributed by atoms with E-state index < -0.39 is 18.0 Å². The Kier molecular flexibility index (Phi) is 5.77. The molecule has 0 radical (unpaired) electrons. The molecule has 0 spiro atoms. The molecule has 0 heterocycles. The molecule has 1 aliphatic carbocycles. The number of carboxylic acid groups (broad SMARTS) is 1. The standard InChI is InChI=1S/C21H18Cl2O5/c1-12(24)7-8-21(14-5-3-2-4-6-14)10-13-9-15(28-11-16(25)26)18(22)19(23)17(13)20(21)27/h2-6,9H,7-8,10-11H2,1H3,(H,25,26). The van der Waals surface area contributed by atoms with E-state index in [1.165, 1.54) is 6.92 Å². The van der Waals surface area contributed by atoms with E-state index in [9.17, 15) is 14.4 Å². The van der Waals surface area contributed by atoms with E-state index in [1.54, 1.807) is 6.07 Å². The Hall–Kier alpha value is -2.37. The summed E-state index contributed by atoms with van der Waals surface area (Å²) in [6.45, 7) is 0.921. The molecule has 0 saturated heterocycles. The number of fused-ring (bicyclic) bond motifs is 1. The predicted octanol–water partition coefficient (Wildman–Crippen LogP) is 4.50. The highest BCUT2D eigenvalue weighted by atomic mass is 35.5. The molecule has 146 valence electrons. The normalized spacial score (nSPS) is 18.0. The van der Waals surface area contributed by atoms with Gasteiger partial charge in [0.2, 0.25) is 0 Å². The summed E-state index contributed by atoms with van der Waals surface area (Å²) in [6, 6.07) is 10.8. The van der Waals surface area contributed by atoms with Crippen molar-refractivity contribution >= 4 is 40.7 Å². The number of hydrogen-bond donors (Lipinski definition) is 1. The van der Waals surface area contributed by atoms with Gasteiger partial charge >= 0.3 is 5.97 Å². The number of carboxylic acids is 1. The highest BCUT2D eigenvalue weighted by molar-refractivity contribution is 6.45. The van der Waals surface area contributed by atoms with Crippen LogP contribution in [0, 0.1) is 0 Å². The van der Waals surface area contributed by atoms with Crippen molar-refractivity contribution in [1.82, 2.24) is 0 Å². The van der Waals surface area contributed by atoms with Crippen molar-refractivity contribution < 1.29 is 24.2 Å². The monoisotopic (exact) mass is 420 g/mol. The fourth-order valence-electron chi connectivity index (χ4n) is 3.65. The van der Waals surface area contributed by atoms with Gasteiger partial charge in [-0.2, -0.15) is 0 Å². The van der Waals surface area contributed by atoms with Crippen LogP contribution in [0.2, 0.25) is 10.0 Å². The molecule has 5 nitrogen and oxygen atoms in total. The number of Topliss-reactive ketones (excluding diaryl/α,β-unsaturated/α-hetero) is 2. The van der Waals surface area contributed by atoms with Crippen LogP contribution in [-0.2, 0) is 21.4 Å². The lowest BCUT2D eigenvalue weighted by atomic mass is 9.73. The van der Waals surface area contributed by atoms with Crippen molar-refractivity contribution in [2.45, 2.75) is 31.6 Å². The van der Waals surface area contributed by atoms with Crippen LogP contribution in [0.5, 0.6) is 5.75 Å². The molecule has 0 bridgehead atoms. The molecule has 28 heavy (non-hydrogen) atoms. The van der Waals surface area contributed by atoms with E-state index in [0.29, 0.717) is 24.0 Å². The number of aliphatic carboxylic acids is 1. The van der Waals surface area contributed by atoms with Gasteiger partial charge in [-0.1, -0.05) is 53.5 Å². The van der Waals surface area contributed by atoms with Gasteiger partial charge in [0.15, 0.2) is 12.4 Å². The summed E-state index contributed by atoms with van der Waals surface area (Å²) in [6.07, 6.45) is 0.931. The maximum absolute atomic E-state index is 13.5. The third-order valence-corrected chi connectivity index (χ3v) is 5.84. The summed E-state index contributed by atoms with van der Waals surface area (Å²) in [5.41, 5.74) is 0.819. The van der Waals surface area contributed by atoms with E-state index in [4.69, 9.17) is 33.0 Å². The number of hydrogen-bond acceptors (Lipinski definition) is 4. The van der Waals surface area contributed by atoms with Crippen LogP contribution in [0.1, 0.15) is 41.3 Å². The van der Waals surface area contributed by atoms with Gasteiger partial charge in [-0.25, -0.2) is 4.79 Å². The zero-order chi connectivity index (χ0) is 20.5. The molecule has 0 fully saturated rings. The average Bonchev–Trinajstić information content (AvgIpc) is 2.95. The lowest BCUT2D eigenvalue weighted by Crippen LogP contribution is -2.34. The summed E-state index contributed by atoms with van der Waals surface area (Å²) in [4.78, 5) is 35.9. The van der Waals surface area contributed by atoms with Gasteiger partial charge in [-0.3, -0.25) is 4.79 Å². The summed E-state index contributed by atoms with van der Waals surface area (Å²) < 4.78 is 5.23. The van der Waals surface area contributed by atoms with E-state index in [2.05, 4.69) is 0 Å². The minimum absolute atomic E-state index is 0.00504. The van der Waals surface area contributed by atoms with E-state index in [-0.39, 0.29) is 33.8 Å². The second-order valence-electron chi connectivity index (χ2n) is 6.88. The van der Waals surface area contributed by atoms with E-state index in [1.807, 2.05) is 30.3 Å². The largest absolute Gasteiger partial charge is 0.480 e. The smallest absolute Gasteiger partial charge is 0.341 e. The third kappa shape index (κ3) is 3.64. The van der Waals surface area contributed by atoms with Crippen molar-refractivity contribution in [3.8, 4) is 5.75 Å². The Morgan fingerprint density at radius 1 is 1.18 bits per heavy atom. The fraction of sp³-hybridized carbons (Fsp3) is 0.286. The predicted molar refractivity (Wildman–Crippen MR) is 106 cm³/mol. The lowest BCUT2D eigenvalue weighted by Gasteiger charge is -2.28. The Morgan fingerprint density at radius 2 is 1.86 bits per heavy atom. The number of rotatable bonds is 7. The topological polar surface area (TPSA) is 80.7 Å². The molecular formula is C21H18Cl2O5. The Labute approximate surface area is 172 Å². The van der Waals surface area contributed by atoms with Gasteiger partial charge in [-0.15, -0.1) is 0 Å². The van der Waals surface area contributed by atoms with Gasteiger partial charge in [-0.05, 0) is 37.0 Å². The Bertz CT molecular complexity index is 955. The van der Waals surface area contributed by atoms with Crippen LogP contribution in [0.15, 0.2) is 36.4 Å². The zero-order valence-electron chi connectivity index (χ0n) is 15.1. The lowest BCUT2D eigenvalue weighted by molar-refractivity contribution is -0.139. The van der Waals surface area contributed by atoms with Crippen LogP contribution in [-0.4, -0.2) is 29.2 Å². The highest BCUT2D eigenvalue weighted by Gasteiger charge is 2.48. The first-order valence-electron chi connectivity index (χ1n) is 8.71. The molecule has 1 unspecified atom stereocenters. The SMILES string of the molecule is CC(=O)CCC1(c2ccccc2)Cc2cc(OCC(=O)O)c(Cl)c(Cl)c2C1=O. The van der Waals surface area contributed by atoms with E-state index >= 15 is 0 Å². The van der Waals surface area contributed by atoms with Crippen LogP contribution in [0.4, 0.5) is 0 Å². The average molecular weight is 421 g/mol. The summed E-state index contributed by atoms with van der Waals surface area (Å²) in [5.74, 6) is -1.22. The van der Waals surface area contributed by atoms with Crippen molar-refractivity contribution in [2.24, 2.45) is 0 Å². The number of ketones is 2. The van der Waals surface area contributed by atoms with Crippen LogP contribution < -0.4 is 4.74 Å². The molecule has 1 atom stereocenters. The number of carbonyl (C=O) groups excluding carboxylic acids is 2. The minimum atomic E-state index is -1.15. The molecule has 1 N–H and O–H groups in total. The molecule has 7 heteroatoms. The first-order chi connectivity index (χ1) is 13.3. The van der Waals surface area contributed by atoms with E-state index in [0.717, 1.165) is 5.56 Å². The van der Waals surface area contributed by atoms with Gasteiger partial charge < -0.3 is 14.6 Å². The molecule has 2 aromatic carbocycles.